The molecule has 2 rings (SSSR count). The Morgan fingerprint density at radius 3 is 2.88 bits per heavy atom. The molecule has 0 bridgehead atoms. The van der Waals surface area contributed by atoms with E-state index in [4.69, 9.17) is 5.73 Å². The van der Waals surface area contributed by atoms with Crippen LogP contribution in [0.25, 0.3) is 11.3 Å². The normalized spacial score (nSPS) is 10.8. The van der Waals surface area contributed by atoms with Crippen molar-refractivity contribution in [2.45, 2.75) is 6.54 Å². The number of hydrogen-bond donors (Lipinski definition) is 1. The molecule has 5 heteroatoms. The first-order valence-corrected chi connectivity index (χ1v) is 5.59. The molecule has 3 nitrogen and oxygen atoms in total. The lowest BCUT2D eigenvalue weighted by Crippen LogP contribution is -2.05. The molecule has 1 aromatic carbocycles. The second-order valence-electron chi connectivity index (χ2n) is 3.45. The Bertz CT molecular complexity index is 522. The monoisotopic (exact) mass is 283 g/mol. The van der Waals surface area contributed by atoms with Crippen LogP contribution in [0, 0.1) is 5.82 Å². The largest absolute Gasteiger partial charge is 0.330 e. The van der Waals surface area contributed by atoms with Gasteiger partial charge < -0.3 is 10.3 Å². The molecule has 16 heavy (non-hydrogen) atoms. The highest BCUT2D eigenvalue weighted by Gasteiger charge is 2.11. The Labute approximate surface area is 101 Å². The third-order valence-corrected chi connectivity index (χ3v) is 2.96. The summed E-state index contributed by atoms with van der Waals surface area (Å²) in [5, 5.41) is 0. The first kappa shape index (κ1) is 11.3. The van der Waals surface area contributed by atoms with Crippen molar-refractivity contribution in [3.05, 3.63) is 40.5 Å². The Morgan fingerprint density at radius 2 is 2.25 bits per heavy atom. The van der Waals surface area contributed by atoms with Gasteiger partial charge in [0.15, 0.2) is 0 Å². The molecule has 0 spiro atoms. The van der Waals surface area contributed by atoms with Crippen LogP contribution in [0.3, 0.4) is 0 Å². The molecule has 0 aliphatic rings. The van der Waals surface area contributed by atoms with E-state index in [-0.39, 0.29) is 5.82 Å². The Hall–Kier alpha value is -1.20. The van der Waals surface area contributed by atoms with Gasteiger partial charge in [-0.3, -0.25) is 0 Å². The van der Waals surface area contributed by atoms with Gasteiger partial charge in [0.1, 0.15) is 11.6 Å². The molecular formula is C11H11BrFN3. The van der Waals surface area contributed by atoms with E-state index in [1.807, 2.05) is 7.05 Å². The molecule has 0 amide bonds. The van der Waals surface area contributed by atoms with Gasteiger partial charge in [-0.1, -0.05) is 15.9 Å². The fraction of sp³-hybridized carbons (Fsp3) is 0.182. The molecule has 1 aromatic heterocycles. The molecule has 0 radical (unpaired) electrons. The Balaban J connectivity index is 2.58. The van der Waals surface area contributed by atoms with Gasteiger partial charge in [-0.2, -0.15) is 0 Å². The van der Waals surface area contributed by atoms with Gasteiger partial charge in [0.05, 0.1) is 18.4 Å². The minimum absolute atomic E-state index is 0.269. The van der Waals surface area contributed by atoms with Gasteiger partial charge in [0, 0.05) is 17.1 Å². The number of rotatable bonds is 2. The number of nitrogens with zero attached hydrogens (tertiary/aromatic N) is 2. The highest BCUT2D eigenvalue weighted by atomic mass is 79.9. The highest BCUT2D eigenvalue weighted by molar-refractivity contribution is 9.10. The second kappa shape index (κ2) is 4.35. The SMILES string of the molecule is Cn1c(-c2cc(Br)ccc2F)cnc1CN. The van der Waals surface area contributed by atoms with E-state index < -0.39 is 0 Å². The van der Waals surface area contributed by atoms with Crippen molar-refractivity contribution < 1.29 is 4.39 Å². The van der Waals surface area contributed by atoms with E-state index in [0.29, 0.717) is 12.1 Å². The second-order valence-corrected chi connectivity index (χ2v) is 4.36. The summed E-state index contributed by atoms with van der Waals surface area (Å²) in [7, 11) is 1.82. The summed E-state index contributed by atoms with van der Waals surface area (Å²) >= 11 is 3.32. The predicted molar refractivity (Wildman–Crippen MR) is 64.2 cm³/mol. The molecule has 2 aromatic rings. The van der Waals surface area contributed by atoms with Crippen LogP contribution in [0.2, 0.25) is 0 Å². The minimum Gasteiger partial charge on any atom is -0.330 e. The van der Waals surface area contributed by atoms with Gasteiger partial charge in [0.25, 0.3) is 0 Å². The van der Waals surface area contributed by atoms with Crippen LogP contribution >= 0.6 is 15.9 Å². The van der Waals surface area contributed by atoms with E-state index in [2.05, 4.69) is 20.9 Å². The summed E-state index contributed by atoms with van der Waals surface area (Å²) in [6.07, 6.45) is 1.63. The van der Waals surface area contributed by atoms with Crippen molar-refractivity contribution in [2.24, 2.45) is 12.8 Å². The smallest absolute Gasteiger partial charge is 0.132 e. The van der Waals surface area contributed by atoms with Crippen molar-refractivity contribution in [3.8, 4) is 11.3 Å². The lowest BCUT2D eigenvalue weighted by Gasteiger charge is -2.06. The first-order chi connectivity index (χ1) is 7.63. The van der Waals surface area contributed by atoms with Gasteiger partial charge in [-0.15, -0.1) is 0 Å². The maximum atomic E-state index is 13.7. The maximum Gasteiger partial charge on any atom is 0.132 e. The van der Waals surface area contributed by atoms with E-state index in [9.17, 15) is 4.39 Å². The Morgan fingerprint density at radius 1 is 1.50 bits per heavy atom. The number of nitrogens with two attached hydrogens (primary N) is 1. The lowest BCUT2D eigenvalue weighted by molar-refractivity contribution is 0.629. The molecule has 1 heterocycles. The van der Waals surface area contributed by atoms with Crippen molar-refractivity contribution >= 4 is 15.9 Å². The zero-order chi connectivity index (χ0) is 11.7. The zero-order valence-electron chi connectivity index (χ0n) is 8.74. The van der Waals surface area contributed by atoms with Crippen molar-refractivity contribution in [1.82, 2.24) is 9.55 Å². The number of halogens is 2. The van der Waals surface area contributed by atoms with Crippen LogP contribution in [-0.2, 0) is 13.6 Å². The quantitative estimate of drug-likeness (QED) is 0.920. The number of hydrogen-bond acceptors (Lipinski definition) is 2. The van der Waals surface area contributed by atoms with Crippen LogP contribution in [-0.4, -0.2) is 9.55 Å². The van der Waals surface area contributed by atoms with E-state index >= 15 is 0 Å². The predicted octanol–water partition coefficient (Wildman–Crippen LogP) is 2.45. The summed E-state index contributed by atoms with van der Waals surface area (Å²) < 4.78 is 16.3. The first-order valence-electron chi connectivity index (χ1n) is 4.79. The van der Waals surface area contributed by atoms with Crippen molar-refractivity contribution in [3.63, 3.8) is 0 Å². The van der Waals surface area contributed by atoms with Gasteiger partial charge >= 0.3 is 0 Å². The molecule has 0 atom stereocenters. The lowest BCUT2D eigenvalue weighted by atomic mass is 10.1. The van der Waals surface area contributed by atoms with Crippen LogP contribution in [0.15, 0.2) is 28.9 Å². The number of imidazole rings is 1. The van der Waals surface area contributed by atoms with E-state index in [1.165, 1.54) is 6.07 Å². The van der Waals surface area contributed by atoms with Crippen molar-refractivity contribution in [2.75, 3.05) is 0 Å². The summed E-state index contributed by atoms with van der Waals surface area (Å²) in [4.78, 5) is 4.14. The molecule has 0 saturated heterocycles. The van der Waals surface area contributed by atoms with Crippen molar-refractivity contribution in [1.29, 1.82) is 0 Å². The molecular weight excluding hydrogens is 273 g/mol. The maximum absolute atomic E-state index is 13.7. The van der Waals surface area contributed by atoms with Gasteiger partial charge in [-0.25, -0.2) is 9.37 Å². The highest BCUT2D eigenvalue weighted by Crippen LogP contribution is 2.26. The fourth-order valence-electron chi connectivity index (χ4n) is 1.58. The van der Waals surface area contributed by atoms with Gasteiger partial charge in [0.2, 0.25) is 0 Å². The molecule has 2 N–H and O–H groups in total. The fourth-order valence-corrected chi connectivity index (χ4v) is 1.94. The average Bonchev–Trinajstić information content (AvgIpc) is 2.63. The summed E-state index contributed by atoms with van der Waals surface area (Å²) in [6.45, 7) is 0.339. The summed E-state index contributed by atoms with van der Waals surface area (Å²) in [5.74, 6) is 0.462. The molecule has 0 aliphatic heterocycles. The average molecular weight is 284 g/mol. The van der Waals surface area contributed by atoms with Crippen LogP contribution in [0.5, 0.6) is 0 Å². The standard InChI is InChI=1S/C11H11BrFN3/c1-16-10(6-15-11(16)5-14)8-4-7(12)2-3-9(8)13/h2-4,6H,5,14H2,1H3. The molecule has 0 saturated carbocycles. The molecule has 84 valence electrons. The third-order valence-electron chi connectivity index (χ3n) is 2.47. The molecule has 0 fully saturated rings. The van der Waals surface area contributed by atoms with Crippen LogP contribution in [0.1, 0.15) is 5.82 Å². The number of aromatic nitrogens is 2. The van der Waals surface area contributed by atoms with Crippen LogP contribution < -0.4 is 5.73 Å². The summed E-state index contributed by atoms with van der Waals surface area (Å²) in [5.41, 5.74) is 6.76. The Kier molecular flexibility index (Phi) is 3.07. The van der Waals surface area contributed by atoms with E-state index in [0.717, 1.165) is 16.0 Å². The zero-order valence-corrected chi connectivity index (χ0v) is 10.3. The minimum atomic E-state index is -0.269. The molecule has 0 unspecified atom stereocenters. The van der Waals surface area contributed by atoms with Crippen LogP contribution in [0.4, 0.5) is 4.39 Å². The topological polar surface area (TPSA) is 43.8 Å². The summed E-state index contributed by atoms with van der Waals surface area (Å²) in [6, 6.07) is 4.82. The number of benzene rings is 1. The van der Waals surface area contributed by atoms with E-state index in [1.54, 1.807) is 22.9 Å². The molecule has 0 aliphatic carbocycles. The third kappa shape index (κ3) is 1.88. The van der Waals surface area contributed by atoms with Gasteiger partial charge in [-0.05, 0) is 18.2 Å².